The Morgan fingerprint density at radius 3 is 2.53 bits per heavy atom. The first-order chi connectivity index (χ1) is 15.2. The average molecular weight is 467 g/mol. The van der Waals surface area contributed by atoms with Crippen molar-refractivity contribution in [1.82, 2.24) is 10.0 Å². The zero-order chi connectivity index (χ0) is 23.2. The van der Waals surface area contributed by atoms with Crippen LogP contribution in [0.3, 0.4) is 0 Å². The maximum Gasteiger partial charge on any atom is 0.216 e. The van der Waals surface area contributed by atoms with Crippen molar-refractivity contribution < 1.29 is 22.7 Å². The van der Waals surface area contributed by atoms with Crippen LogP contribution < -0.4 is 14.8 Å². The molecule has 2 fully saturated rings. The van der Waals surface area contributed by atoms with Crippen LogP contribution >= 0.6 is 0 Å². The second-order valence-electron chi connectivity index (χ2n) is 9.87. The standard InChI is InChI=1S/C24H38N2O5S/c1-24(2,3)32(28,29)26-21-8-6-14-25-22(21)17-31-19-12-10-18(11-13-19)20-7-4-5-9-23(20)30-16-15-27/h4-5,7,9,15,18-19,21-22,25-26H,6,8,10-14,16-17H2,1-3H3/t18?,19?,21-,22?/m0/s1. The average Bonchev–Trinajstić information content (AvgIpc) is 2.77. The summed E-state index contributed by atoms with van der Waals surface area (Å²) in [6.07, 6.45) is 6.64. The molecule has 2 N–H and O–H groups in total. The van der Waals surface area contributed by atoms with Crippen molar-refractivity contribution in [3.8, 4) is 5.75 Å². The summed E-state index contributed by atoms with van der Waals surface area (Å²) >= 11 is 0. The summed E-state index contributed by atoms with van der Waals surface area (Å²) in [5.74, 6) is 1.20. The van der Waals surface area contributed by atoms with Gasteiger partial charge in [0, 0.05) is 12.1 Å². The van der Waals surface area contributed by atoms with Gasteiger partial charge in [-0.2, -0.15) is 0 Å². The van der Waals surface area contributed by atoms with E-state index in [0.29, 0.717) is 12.5 Å². The third-order valence-corrected chi connectivity index (χ3v) is 8.77. The first-order valence-corrected chi connectivity index (χ1v) is 13.2. The SMILES string of the molecule is CC(C)(C)S(=O)(=O)N[C@H]1CCCNC1COC1CCC(c2ccccc2OCC=O)CC1. The summed E-state index contributed by atoms with van der Waals surface area (Å²) in [4.78, 5) is 10.7. The first kappa shape index (κ1) is 25.1. The van der Waals surface area contributed by atoms with Crippen molar-refractivity contribution in [1.29, 1.82) is 0 Å². The Hall–Kier alpha value is -1.48. The van der Waals surface area contributed by atoms with Crippen LogP contribution in [-0.2, 0) is 19.6 Å². The molecule has 8 heteroatoms. The second-order valence-corrected chi connectivity index (χ2v) is 12.3. The van der Waals surface area contributed by atoms with Crippen LogP contribution in [0.4, 0.5) is 0 Å². The second kappa shape index (κ2) is 11.1. The molecule has 0 amide bonds. The van der Waals surface area contributed by atoms with Crippen molar-refractivity contribution >= 4 is 16.3 Å². The van der Waals surface area contributed by atoms with E-state index in [0.717, 1.165) is 57.1 Å². The van der Waals surface area contributed by atoms with Gasteiger partial charge in [-0.15, -0.1) is 0 Å². The van der Waals surface area contributed by atoms with Gasteiger partial charge in [-0.05, 0) is 83.4 Å². The zero-order valence-corrected chi connectivity index (χ0v) is 20.3. The number of rotatable bonds is 9. The Morgan fingerprint density at radius 1 is 1.12 bits per heavy atom. The molecule has 2 atom stereocenters. The number of benzene rings is 1. The zero-order valence-electron chi connectivity index (χ0n) is 19.5. The smallest absolute Gasteiger partial charge is 0.216 e. The van der Waals surface area contributed by atoms with Gasteiger partial charge in [0.15, 0.2) is 6.29 Å². The highest BCUT2D eigenvalue weighted by Gasteiger charge is 2.35. The fraction of sp³-hybridized carbons (Fsp3) is 0.708. The Bertz CT molecular complexity index is 844. The molecule has 0 spiro atoms. The van der Waals surface area contributed by atoms with Gasteiger partial charge in [-0.25, -0.2) is 13.1 Å². The highest BCUT2D eigenvalue weighted by Crippen LogP contribution is 2.38. The summed E-state index contributed by atoms with van der Waals surface area (Å²) in [7, 11) is -3.40. The van der Waals surface area contributed by atoms with E-state index in [1.54, 1.807) is 20.8 Å². The Morgan fingerprint density at radius 2 is 1.84 bits per heavy atom. The lowest BCUT2D eigenvalue weighted by molar-refractivity contribution is -0.109. The number of nitrogens with one attached hydrogen (secondary N) is 2. The van der Waals surface area contributed by atoms with Gasteiger partial charge in [0.2, 0.25) is 10.0 Å². The predicted octanol–water partition coefficient (Wildman–Crippen LogP) is 3.15. The molecule has 1 aromatic rings. The molecule has 1 heterocycles. The molecule has 0 radical (unpaired) electrons. The Kier molecular flexibility index (Phi) is 8.72. The number of carbonyl (C=O) groups is 1. The molecule has 0 bridgehead atoms. The third-order valence-electron chi connectivity index (χ3n) is 6.55. The third kappa shape index (κ3) is 6.53. The lowest BCUT2D eigenvalue weighted by Gasteiger charge is -2.36. The Labute approximate surface area is 192 Å². The van der Waals surface area contributed by atoms with Gasteiger partial charge in [0.25, 0.3) is 0 Å². The molecule has 1 aliphatic heterocycles. The van der Waals surface area contributed by atoms with Crippen LogP contribution in [0.1, 0.15) is 70.8 Å². The number of piperidine rings is 1. The molecular weight excluding hydrogens is 428 g/mol. The van der Waals surface area contributed by atoms with E-state index in [4.69, 9.17) is 9.47 Å². The van der Waals surface area contributed by atoms with Crippen LogP contribution in [0.2, 0.25) is 0 Å². The van der Waals surface area contributed by atoms with Gasteiger partial charge in [0.1, 0.15) is 12.4 Å². The number of ether oxygens (including phenoxy) is 2. The molecular formula is C24H38N2O5S. The number of carbonyl (C=O) groups excluding carboxylic acids is 1. The summed E-state index contributed by atoms with van der Waals surface area (Å²) in [6.45, 7) is 6.62. The van der Waals surface area contributed by atoms with Crippen LogP contribution in [0, 0.1) is 0 Å². The number of aldehydes is 1. The van der Waals surface area contributed by atoms with E-state index in [2.05, 4.69) is 16.1 Å². The highest BCUT2D eigenvalue weighted by molar-refractivity contribution is 7.90. The van der Waals surface area contributed by atoms with Crippen LogP contribution in [0.5, 0.6) is 5.75 Å². The van der Waals surface area contributed by atoms with E-state index in [9.17, 15) is 13.2 Å². The van der Waals surface area contributed by atoms with Gasteiger partial charge in [-0.3, -0.25) is 4.79 Å². The van der Waals surface area contributed by atoms with Crippen molar-refractivity contribution in [3.05, 3.63) is 29.8 Å². The van der Waals surface area contributed by atoms with Gasteiger partial charge >= 0.3 is 0 Å². The molecule has 1 saturated carbocycles. The largest absolute Gasteiger partial charge is 0.486 e. The minimum Gasteiger partial charge on any atom is -0.486 e. The number of hydrogen-bond donors (Lipinski definition) is 2. The van der Waals surface area contributed by atoms with Crippen LogP contribution in [0.15, 0.2) is 24.3 Å². The highest BCUT2D eigenvalue weighted by atomic mass is 32.2. The van der Waals surface area contributed by atoms with E-state index in [1.165, 1.54) is 5.56 Å². The lowest BCUT2D eigenvalue weighted by atomic mass is 9.82. The first-order valence-electron chi connectivity index (χ1n) is 11.7. The fourth-order valence-corrected chi connectivity index (χ4v) is 5.53. The number of para-hydroxylation sites is 1. The molecule has 1 aliphatic carbocycles. The summed E-state index contributed by atoms with van der Waals surface area (Å²) < 4.78 is 39.2. The van der Waals surface area contributed by atoms with Crippen molar-refractivity contribution in [2.24, 2.45) is 0 Å². The molecule has 1 saturated heterocycles. The van der Waals surface area contributed by atoms with E-state index >= 15 is 0 Å². The van der Waals surface area contributed by atoms with Crippen molar-refractivity contribution in [2.75, 3.05) is 19.8 Å². The maximum atomic E-state index is 12.6. The van der Waals surface area contributed by atoms with E-state index in [-0.39, 0.29) is 24.8 Å². The van der Waals surface area contributed by atoms with Crippen LogP contribution in [-0.4, -0.2) is 57.4 Å². The normalized spacial score (nSPS) is 27.1. The molecule has 2 aliphatic rings. The molecule has 32 heavy (non-hydrogen) atoms. The topological polar surface area (TPSA) is 93.7 Å². The van der Waals surface area contributed by atoms with Gasteiger partial charge < -0.3 is 14.8 Å². The summed E-state index contributed by atoms with van der Waals surface area (Å²) in [5.41, 5.74) is 1.17. The van der Waals surface area contributed by atoms with Crippen LogP contribution in [0.25, 0.3) is 0 Å². The summed E-state index contributed by atoms with van der Waals surface area (Å²) in [6, 6.07) is 7.79. The van der Waals surface area contributed by atoms with E-state index in [1.807, 2.05) is 18.2 Å². The van der Waals surface area contributed by atoms with Gasteiger partial charge in [-0.1, -0.05) is 18.2 Å². The molecule has 7 nitrogen and oxygen atoms in total. The lowest BCUT2D eigenvalue weighted by Crippen LogP contribution is -2.57. The van der Waals surface area contributed by atoms with Crippen molar-refractivity contribution in [2.45, 2.75) is 88.1 Å². The van der Waals surface area contributed by atoms with E-state index < -0.39 is 14.8 Å². The summed E-state index contributed by atoms with van der Waals surface area (Å²) in [5, 5.41) is 3.45. The molecule has 0 aromatic heterocycles. The quantitative estimate of drug-likeness (QED) is 0.543. The Balaban J connectivity index is 1.51. The number of sulfonamides is 1. The minimum absolute atomic E-state index is 0.0175. The molecule has 3 rings (SSSR count). The van der Waals surface area contributed by atoms with Crippen molar-refractivity contribution in [3.63, 3.8) is 0 Å². The van der Waals surface area contributed by atoms with Gasteiger partial charge in [0.05, 0.1) is 17.5 Å². The monoisotopic (exact) mass is 466 g/mol. The number of hydrogen-bond acceptors (Lipinski definition) is 6. The molecule has 1 unspecified atom stereocenters. The maximum absolute atomic E-state index is 12.6. The fourth-order valence-electron chi connectivity index (χ4n) is 4.50. The molecule has 1 aromatic carbocycles. The molecule has 180 valence electrons. The predicted molar refractivity (Wildman–Crippen MR) is 126 cm³/mol. The minimum atomic E-state index is -3.40.